The maximum absolute atomic E-state index is 13.3. The van der Waals surface area contributed by atoms with Crippen molar-refractivity contribution in [2.45, 2.75) is 43.0 Å². The Morgan fingerprint density at radius 2 is 1.90 bits per heavy atom. The fourth-order valence-corrected chi connectivity index (χ4v) is 2.90. The van der Waals surface area contributed by atoms with E-state index < -0.39 is 23.7 Å². The van der Waals surface area contributed by atoms with Gasteiger partial charge in [-0.25, -0.2) is 0 Å². The SMILES string of the molecule is CSC(O)[C@@H](CC1CC1)N[C@@H](c1ccccc1)C(F)(F)F. The highest BCUT2D eigenvalue weighted by Gasteiger charge is 2.43. The molecule has 0 aliphatic heterocycles. The van der Waals surface area contributed by atoms with Crippen molar-refractivity contribution in [1.29, 1.82) is 0 Å². The van der Waals surface area contributed by atoms with Crippen LogP contribution in [0.4, 0.5) is 13.2 Å². The van der Waals surface area contributed by atoms with Crippen LogP contribution in [0, 0.1) is 5.92 Å². The fraction of sp³-hybridized carbons (Fsp3) is 0.600. The molecule has 2 rings (SSSR count). The summed E-state index contributed by atoms with van der Waals surface area (Å²) in [6.07, 6.45) is -0.0112. The van der Waals surface area contributed by atoms with Gasteiger partial charge in [0.05, 0.1) is 0 Å². The van der Waals surface area contributed by atoms with Crippen molar-refractivity contribution >= 4 is 11.8 Å². The third-order valence-corrected chi connectivity index (χ3v) is 4.52. The molecule has 1 aromatic rings. The maximum atomic E-state index is 13.3. The second-order valence-electron chi connectivity index (χ2n) is 5.46. The van der Waals surface area contributed by atoms with Crippen molar-refractivity contribution < 1.29 is 18.3 Å². The van der Waals surface area contributed by atoms with Crippen LogP contribution in [0.2, 0.25) is 0 Å². The van der Waals surface area contributed by atoms with E-state index >= 15 is 0 Å². The Morgan fingerprint density at radius 3 is 2.38 bits per heavy atom. The van der Waals surface area contributed by atoms with Gasteiger partial charge < -0.3 is 5.11 Å². The summed E-state index contributed by atoms with van der Waals surface area (Å²) in [7, 11) is 0. The lowest BCUT2D eigenvalue weighted by molar-refractivity contribution is -0.160. The first-order chi connectivity index (χ1) is 9.91. The molecule has 118 valence electrons. The number of hydrogen-bond acceptors (Lipinski definition) is 3. The van der Waals surface area contributed by atoms with Gasteiger partial charge >= 0.3 is 6.18 Å². The van der Waals surface area contributed by atoms with E-state index in [0.717, 1.165) is 12.8 Å². The van der Waals surface area contributed by atoms with E-state index in [1.165, 1.54) is 23.9 Å². The first-order valence-electron chi connectivity index (χ1n) is 7.00. The second-order valence-corrected chi connectivity index (χ2v) is 6.42. The van der Waals surface area contributed by atoms with E-state index in [2.05, 4.69) is 5.32 Å². The highest BCUT2D eigenvalue weighted by atomic mass is 32.2. The Balaban J connectivity index is 2.15. The molecule has 1 saturated carbocycles. The van der Waals surface area contributed by atoms with Crippen LogP contribution in [0.15, 0.2) is 30.3 Å². The number of nitrogens with one attached hydrogen (secondary N) is 1. The number of benzene rings is 1. The van der Waals surface area contributed by atoms with E-state index in [0.29, 0.717) is 12.3 Å². The summed E-state index contributed by atoms with van der Waals surface area (Å²) >= 11 is 1.18. The van der Waals surface area contributed by atoms with Crippen molar-refractivity contribution in [2.75, 3.05) is 6.26 Å². The summed E-state index contributed by atoms with van der Waals surface area (Å²) in [5, 5.41) is 12.6. The van der Waals surface area contributed by atoms with Gasteiger partial charge in [-0.1, -0.05) is 43.2 Å². The van der Waals surface area contributed by atoms with E-state index in [4.69, 9.17) is 0 Å². The number of halogens is 3. The molecule has 1 aliphatic carbocycles. The lowest BCUT2D eigenvalue weighted by Gasteiger charge is -2.30. The summed E-state index contributed by atoms with van der Waals surface area (Å²) in [5.41, 5.74) is -0.654. The molecule has 2 N–H and O–H groups in total. The van der Waals surface area contributed by atoms with Gasteiger partial charge in [0.15, 0.2) is 0 Å². The van der Waals surface area contributed by atoms with Crippen molar-refractivity contribution in [1.82, 2.24) is 5.32 Å². The number of alkyl halides is 3. The van der Waals surface area contributed by atoms with Crippen LogP contribution in [0.1, 0.15) is 30.9 Å². The third kappa shape index (κ3) is 4.90. The Hall–Kier alpha value is -0.720. The van der Waals surface area contributed by atoms with E-state index in [-0.39, 0.29) is 5.56 Å². The molecule has 3 atom stereocenters. The molecule has 0 amide bonds. The first-order valence-corrected chi connectivity index (χ1v) is 8.29. The Kier molecular flexibility index (Phi) is 5.57. The lowest BCUT2D eigenvalue weighted by atomic mass is 10.0. The number of thioether (sulfide) groups is 1. The van der Waals surface area contributed by atoms with Gasteiger partial charge in [0, 0.05) is 6.04 Å². The van der Waals surface area contributed by atoms with Gasteiger partial charge in [0.1, 0.15) is 11.5 Å². The van der Waals surface area contributed by atoms with Gasteiger partial charge in [-0.3, -0.25) is 5.32 Å². The predicted molar refractivity (Wildman–Crippen MR) is 79.0 cm³/mol. The van der Waals surface area contributed by atoms with E-state index in [9.17, 15) is 18.3 Å². The van der Waals surface area contributed by atoms with Crippen LogP contribution in [0.3, 0.4) is 0 Å². The van der Waals surface area contributed by atoms with Crippen LogP contribution in [-0.2, 0) is 0 Å². The summed E-state index contributed by atoms with van der Waals surface area (Å²) < 4.78 is 40.0. The molecule has 21 heavy (non-hydrogen) atoms. The molecule has 0 bridgehead atoms. The minimum absolute atomic E-state index is 0.180. The van der Waals surface area contributed by atoms with Crippen LogP contribution in [0.5, 0.6) is 0 Å². The molecule has 0 saturated heterocycles. The van der Waals surface area contributed by atoms with Gasteiger partial charge in [-0.2, -0.15) is 13.2 Å². The average molecular weight is 319 g/mol. The van der Waals surface area contributed by atoms with E-state index in [1.54, 1.807) is 24.5 Å². The Morgan fingerprint density at radius 1 is 1.29 bits per heavy atom. The molecule has 6 heteroatoms. The Bertz CT molecular complexity index is 436. The Labute approximate surface area is 127 Å². The normalized spacial score (nSPS) is 20.0. The molecular weight excluding hydrogens is 299 g/mol. The van der Waals surface area contributed by atoms with Crippen molar-refractivity contribution in [2.24, 2.45) is 5.92 Å². The minimum Gasteiger partial charge on any atom is -0.381 e. The summed E-state index contributed by atoms with van der Waals surface area (Å²) in [6.45, 7) is 0. The molecule has 1 unspecified atom stereocenters. The topological polar surface area (TPSA) is 32.3 Å². The predicted octanol–water partition coefficient (Wildman–Crippen LogP) is 3.73. The van der Waals surface area contributed by atoms with Gasteiger partial charge in [0.2, 0.25) is 0 Å². The third-order valence-electron chi connectivity index (χ3n) is 3.71. The molecule has 2 nitrogen and oxygen atoms in total. The van der Waals surface area contributed by atoms with Crippen LogP contribution < -0.4 is 5.32 Å². The van der Waals surface area contributed by atoms with Crippen LogP contribution >= 0.6 is 11.8 Å². The summed E-state index contributed by atoms with van der Waals surface area (Å²) in [4.78, 5) is 0. The minimum atomic E-state index is -4.39. The fourth-order valence-electron chi connectivity index (χ4n) is 2.38. The van der Waals surface area contributed by atoms with Gasteiger partial charge in [-0.15, -0.1) is 11.8 Å². The molecule has 1 aromatic carbocycles. The lowest BCUT2D eigenvalue weighted by Crippen LogP contribution is -2.45. The maximum Gasteiger partial charge on any atom is 0.407 e. The standard InChI is InChI=1S/C15H20F3NOS/c1-21-14(20)12(9-10-7-8-10)19-13(15(16,17)18)11-5-3-2-4-6-11/h2-6,10,12-14,19-20H,7-9H2,1H3/t12-,13+,14?/m1/s1. The number of hydrogen-bond donors (Lipinski definition) is 2. The highest BCUT2D eigenvalue weighted by Crippen LogP contribution is 2.38. The quantitative estimate of drug-likeness (QED) is 0.751. The van der Waals surface area contributed by atoms with E-state index in [1.807, 2.05) is 0 Å². The number of aliphatic hydroxyl groups excluding tert-OH is 1. The second kappa shape index (κ2) is 7.03. The summed E-state index contributed by atoms with van der Waals surface area (Å²) in [6, 6.07) is 5.50. The number of rotatable bonds is 7. The zero-order valence-corrected chi connectivity index (χ0v) is 12.6. The smallest absolute Gasteiger partial charge is 0.381 e. The average Bonchev–Trinajstić information content (AvgIpc) is 3.26. The first kappa shape index (κ1) is 16.6. The van der Waals surface area contributed by atoms with Crippen molar-refractivity contribution in [3.63, 3.8) is 0 Å². The highest BCUT2D eigenvalue weighted by molar-refractivity contribution is 7.99. The molecule has 1 aliphatic rings. The zero-order valence-electron chi connectivity index (χ0n) is 11.8. The monoisotopic (exact) mass is 319 g/mol. The van der Waals surface area contributed by atoms with Crippen LogP contribution in [-0.4, -0.2) is 29.0 Å². The van der Waals surface area contributed by atoms with Crippen LogP contribution in [0.25, 0.3) is 0 Å². The van der Waals surface area contributed by atoms with Gasteiger partial charge in [-0.05, 0) is 24.2 Å². The van der Waals surface area contributed by atoms with Crippen molar-refractivity contribution in [3.8, 4) is 0 Å². The summed E-state index contributed by atoms with van der Waals surface area (Å²) in [5.74, 6) is 0.439. The molecule has 0 spiro atoms. The molecule has 1 fully saturated rings. The molecule has 0 aromatic heterocycles. The zero-order chi connectivity index (χ0) is 15.5. The molecule has 0 heterocycles. The largest absolute Gasteiger partial charge is 0.407 e. The molecular formula is C15H20F3NOS. The molecule has 0 radical (unpaired) electrons. The van der Waals surface area contributed by atoms with Gasteiger partial charge in [0.25, 0.3) is 0 Å². The number of aliphatic hydroxyl groups is 1. The van der Waals surface area contributed by atoms with Crippen molar-refractivity contribution in [3.05, 3.63) is 35.9 Å².